The molecule has 0 saturated heterocycles. The summed E-state index contributed by atoms with van der Waals surface area (Å²) in [7, 11) is -4.93. The van der Waals surface area contributed by atoms with Crippen LogP contribution in [0.1, 0.15) is 52.8 Å². The number of anilines is 1. The number of nitrogens with one attached hydrogen (secondary N) is 1. The fourth-order valence-electron chi connectivity index (χ4n) is 4.44. The van der Waals surface area contributed by atoms with Gasteiger partial charge in [0.25, 0.3) is 5.91 Å². The predicted octanol–water partition coefficient (Wildman–Crippen LogP) is 4.16. The molecule has 10 nitrogen and oxygen atoms in total. The van der Waals surface area contributed by atoms with E-state index in [1.165, 1.54) is 30.5 Å². The van der Waals surface area contributed by atoms with E-state index in [2.05, 4.69) is 19.8 Å². The van der Waals surface area contributed by atoms with Gasteiger partial charge in [-0.2, -0.15) is 0 Å². The first-order chi connectivity index (χ1) is 18.8. The van der Waals surface area contributed by atoms with E-state index in [9.17, 15) is 23.2 Å². The number of nitrogens with two attached hydrogens (primary N) is 1. The number of benzene rings is 2. The first-order valence-corrected chi connectivity index (χ1v) is 14.6. The largest absolute Gasteiger partial charge is 0.469 e. The van der Waals surface area contributed by atoms with Crippen LogP contribution in [0.2, 0.25) is 0 Å². The number of alkyl halides is 1. The fraction of sp³-hybridized carbons (Fsp3) is 0.320. The number of rotatable bonds is 8. The molecule has 1 aliphatic carbocycles. The molecule has 1 heterocycles. The minimum absolute atomic E-state index is 0.0108. The van der Waals surface area contributed by atoms with E-state index < -0.39 is 55.9 Å². The Hall–Kier alpha value is -2.62. The van der Waals surface area contributed by atoms with Crippen molar-refractivity contribution >= 4 is 42.1 Å². The van der Waals surface area contributed by atoms with Crippen molar-refractivity contribution in [2.24, 2.45) is 0 Å². The summed E-state index contributed by atoms with van der Waals surface area (Å²) in [6.45, 7) is -0.716. The van der Waals surface area contributed by atoms with Gasteiger partial charge in [-0.1, -0.05) is 6.07 Å². The molecule has 3 aromatic rings. The maximum atomic E-state index is 15.2. The summed E-state index contributed by atoms with van der Waals surface area (Å²) < 4.78 is 59.4. The van der Waals surface area contributed by atoms with Crippen molar-refractivity contribution < 1.29 is 41.9 Å². The molecule has 1 aliphatic rings. The van der Waals surface area contributed by atoms with Crippen molar-refractivity contribution in [1.82, 2.24) is 15.3 Å². The highest BCUT2D eigenvalue weighted by Gasteiger charge is 2.31. The molecule has 214 valence electrons. The summed E-state index contributed by atoms with van der Waals surface area (Å²) in [5, 5.41) is 12.1. The lowest BCUT2D eigenvalue weighted by Gasteiger charge is -2.28. The highest BCUT2D eigenvalue weighted by Crippen LogP contribution is 2.38. The minimum atomic E-state index is -4.93. The highest BCUT2D eigenvalue weighted by molar-refractivity contribution is 14.1. The lowest BCUT2D eigenvalue weighted by atomic mass is 9.84. The zero-order chi connectivity index (χ0) is 29.2. The number of aromatic nitrogens is 2. The molecule has 0 bridgehead atoms. The SMILES string of the molecule is Nc1ncc(C2CCC(O)C(F)C2)nc1-c1ccc(C(=O)N[C@@H](COP(=O)(O)O)c2cc(F)cc(I)c2)c(F)c1. The van der Waals surface area contributed by atoms with E-state index in [4.69, 9.17) is 15.5 Å². The maximum absolute atomic E-state index is 15.2. The number of nitrogen functional groups attached to an aromatic ring is 1. The first kappa shape index (κ1) is 30.3. The molecule has 3 unspecified atom stereocenters. The molecule has 1 aromatic heterocycles. The van der Waals surface area contributed by atoms with Gasteiger partial charge in [0.15, 0.2) is 0 Å². The zero-order valence-electron chi connectivity index (χ0n) is 20.7. The molecular formula is C25H25F3IN4O6P. The molecule has 6 N–H and O–H groups in total. The van der Waals surface area contributed by atoms with E-state index in [0.29, 0.717) is 15.7 Å². The van der Waals surface area contributed by atoms with E-state index in [0.717, 1.165) is 12.1 Å². The molecule has 15 heteroatoms. The van der Waals surface area contributed by atoms with Crippen molar-refractivity contribution in [1.29, 1.82) is 0 Å². The molecule has 0 spiro atoms. The van der Waals surface area contributed by atoms with Crippen LogP contribution in [0.25, 0.3) is 11.3 Å². The molecule has 1 fully saturated rings. The van der Waals surface area contributed by atoms with Crippen molar-refractivity contribution in [3.8, 4) is 11.3 Å². The number of carbonyl (C=O) groups excluding carboxylic acids is 1. The third-order valence-electron chi connectivity index (χ3n) is 6.46. The van der Waals surface area contributed by atoms with Crippen LogP contribution in [0, 0.1) is 15.2 Å². The van der Waals surface area contributed by atoms with Gasteiger partial charge in [0.2, 0.25) is 0 Å². The van der Waals surface area contributed by atoms with Crippen molar-refractivity contribution in [3.05, 3.63) is 74.6 Å². The van der Waals surface area contributed by atoms with Crippen LogP contribution in [-0.2, 0) is 9.09 Å². The Balaban J connectivity index is 1.58. The van der Waals surface area contributed by atoms with Gasteiger partial charge in [0.05, 0.1) is 36.2 Å². The van der Waals surface area contributed by atoms with Gasteiger partial charge in [-0.15, -0.1) is 0 Å². The standard InChI is InChI=1S/C25H25F3IN4O6P/c26-15-5-14(6-16(29)9-15)21(11-39-40(36,37)38)33-25(35)17-3-1-13(8-18(17)27)23-24(30)31-10-20(32-23)12-2-4-22(34)19(28)7-12/h1,3,5-6,8-10,12,19,21-22,34H,2,4,7,11H2,(H2,30,31)(H,33,35)(H2,36,37,38)/t12?,19?,21-,22?/m0/s1. The molecule has 1 saturated carbocycles. The molecule has 2 aromatic carbocycles. The Morgan fingerprint density at radius 3 is 2.62 bits per heavy atom. The van der Waals surface area contributed by atoms with Gasteiger partial charge in [0.1, 0.15) is 29.3 Å². The molecule has 0 radical (unpaired) electrons. The topological polar surface area (TPSA) is 168 Å². The van der Waals surface area contributed by atoms with Crippen molar-refractivity contribution in [2.75, 3.05) is 12.3 Å². The van der Waals surface area contributed by atoms with E-state index in [-0.39, 0.29) is 41.4 Å². The maximum Gasteiger partial charge on any atom is 0.469 e. The molecule has 1 amide bonds. The molecule has 4 rings (SSSR count). The monoisotopic (exact) mass is 692 g/mol. The summed E-state index contributed by atoms with van der Waals surface area (Å²) in [6, 6.07) is 6.09. The number of hydrogen-bond donors (Lipinski definition) is 5. The lowest BCUT2D eigenvalue weighted by Crippen LogP contribution is -2.32. The van der Waals surface area contributed by atoms with E-state index in [1.807, 2.05) is 22.6 Å². The zero-order valence-corrected chi connectivity index (χ0v) is 23.7. The van der Waals surface area contributed by atoms with Gasteiger partial charge >= 0.3 is 7.82 Å². The summed E-state index contributed by atoms with van der Waals surface area (Å²) in [5.41, 5.74) is 6.48. The average Bonchev–Trinajstić information content (AvgIpc) is 2.87. The Kier molecular flexibility index (Phi) is 9.47. The third-order valence-corrected chi connectivity index (χ3v) is 7.57. The van der Waals surface area contributed by atoms with E-state index in [1.54, 1.807) is 0 Å². The number of amides is 1. The van der Waals surface area contributed by atoms with Gasteiger partial charge in [-0.25, -0.2) is 27.7 Å². The number of halogens is 4. The van der Waals surface area contributed by atoms with Crippen LogP contribution in [0.4, 0.5) is 19.0 Å². The quantitative estimate of drug-likeness (QED) is 0.172. The van der Waals surface area contributed by atoms with Gasteiger partial charge in [-0.05, 0) is 77.7 Å². The Bertz CT molecular complexity index is 1440. The van der Waals surface area contributed by atoms with Crippen LogP contribution >= 0.6 is 30.4 Å². The number of aliphatic hydroxyl groups excluding tert-OH is 1. The van der Waals surface area contributed by atoms with Crippen molar-refractivity contribution in [3.63, 3.8) is 0 Å². The Morgan fingerprint density at radius 1 is 1.23 bits per heavy atom. The average molecular weight is 692 g/mol. The van der Waals surface area contributed by atoms with Crippen LogP contribution in [0.5, 0.6) is 0 Å². The Labute approximate surface area is 240 Å². The molecule has 4 atom stereocenters. The Morgan fingerprint density at radius 2 is 1.98 bits per heavy atom. The fourth-order valence-corrected chi connectivity index (χ4v) is 5.44. The lowest BCUT2D eigenvalue weighted by molar-refractivity contribution is 0.0363. The summed E-state index contributed by atoms with van der Waals surface area (Å²) >= 11 is 1.83. The number of carbonyl (C=O) groups is 1. The number of phosphoric acid groups is 1. The second kappa shape index (κ2) is 12.5. The van der Waals surface area contributed by atoms with Gasteiger partial charge in [-0.3, -0.25) is 9.32 Å². The number of hydrogen-bond acceptors (Lipinski definition) is 7. The predicted molar refractivity (Wildman–Crippen MR) is 147 cm³/mol. The molecule has 0 aliphatic heterocycles. The van der Waals surface area contributed by atoms with Crippen LogP contribution in [-0.4, -0.2) is 49.7 Å². The van der Waals surface area contributed by atoms with Gasteiger partial charge in [0, 0.05) is 15.1 Å². The smallest absolute Gasteiger partial charge is 0.390 e. The van der Waals surface area contributed by atoms with Crippen LogP contribution in [0.15, 0.2) is 42.6 Å². The molecule has 40 heavy (non-hydrogen) atoms. The van der Waals surface area contributed by atoms with Crippen molar-refractivity contribution in [2.45, 2.75) is 43.5 Å². The number of aliphatic hydroxyl groups is 1. The third kappa shape index (κ3) is 7.56. The van der Waals surface area contributed by atoms with E-state index >= 15 is 4.39 Å². The minimum Gasteiger partial charge on any atom is -0.390 e. The van der Waals surface area contributed by atoms with Crippen LogP contribution in [0.3, 0.4) is 0 Å². The summed E-state index contributed by atoms with van der Waals surface area (Å²) in [4.78, 5) is 39.7. The normalized spacial score (nSPS) is 20.2. The van der Waals surface area contributed by atoms with Crippen LogP contribution < -0.4 is 11.1 Å². The second-order valence-corrected chi connectivity index (χ2v) is 11.8. The summed E-state index contributed by atoms with van der Waals surface area (Å²) in [6.07, 6.45) is -0.199. The highest BCUT2D eigenvalue weighted by atomic mass is 127. The number of nitrogens with zero attached hydrogens (tertiary/aromatic N) is 2. The van der Waals surface area contributed by atoms with Gasteiger partial charge < -0.3 is 25.9 Å². The summed E-state index contributed by atoms with van der Waals surface area (Å²) in [5.74, 6) is -2.89. The first-order valence-electron chi connectivity index (χ1n) is 12.0. The molecular weight excluding hydrogens is 667 g/mol. The number of phosphoric ester groups is 1. The second-order valence-electron chi connectivity index (χ2n) is 9.33.